The van der Waals surface area contributed by atoms with E-state index in [2.05, 4.69) is 9.57 Å². The molecule has 18 heavy (non-hydrogen) atoms. The molecule has 9 heteroatoms. The first kappa shape index (κ1) is 15.4. The molecule has 100 valence electrons. The summed E-state index contributed by atoms with van der Waals surface area (Å²) in [6.07, 6.45) is -0.964. The van der Waals surface area contributed by atoms with Gasteiger partial charge in [-0.05, 0) is 22.4 Å². The first-order valence-electron chi connectivity index (χ1n) is 4.57. The number of hydrogen-bond acceptors (Lipinski definition) is 5. The number of carbonyl (C=O) groups excluding carboxylic acids is 2. The summed E-state index contributed by atoms with van der Waals surface area (Å²) in [5.74, 6) is -0.626. The zero-order valence-corrected chi connectivity index (χ0v) is 11.9. The predicted octanol–water partition coefficient (Wildman–Crippen LogP) is 2.85. The summed E-state index contributed by atoms with van der Waals surface area (Å²) in [7, 11) is 0. The van der Waals surface area contributed by atoms with E-state index in [-0.39, 0.29) is 6.42 Å². The number of nitrogens with one attached hydrogen (secondary N) is 1. The highest BCUT2D eigenvalue weighted by Crippen LogP contribution is 2.25. The number of rotatable bonds is 3. The van der Waals surface area contributed by atoms with Crippen molar-refractivity contribution in [3.8, 4) is 0 Å². The third kappa shape index (κ3) is 6.90. The van der Waals surface area contributed by atoms with Crippen LogP contribution in [0.2, 0.25) is 0 Å². The molecule has 1 aromatic heterocycles. The molecule has 0 saturated carbocycles. The van der Waals surface area contributed by atoms with Crippen molar-refractivity contribution in [2.24, 2.45) is 0 Å². The Bertz CT molecular complexity index is 404. The van der Waals surface area contributed by atoms with Gasteiger partial charge in [0.1, 0.15) is 6.61 Å². The number of hydroxylamine groups is 1. The van der Waals surface area contributed by atoms with Crippen LogP contribution in [0.1, 0.15) is 5.56 Å². The molecule has 0 unspecified atom stereocenters. The van der Waals surface area contributed by atoms with Gasteiger partial charge in [-0.25, -0.2) is 9.59 Å². The second-order valence-electron chi connectivity index (χ2n) is 3.08. The van der Waals surface area contributed by atoms with Crippen LogP contribution in [-0.2, 0) is 20.8 Å². The normalized spacial score (nSPS) is 10.8. The van der Waals surface area contributed by atoms with Crippen molar-refractivity contribution in [3.05, 3.63) is 22.4 Å². The molecular weight excluding hydrogens is 325 g/mol. The van der Waals surface area contributed by atoms with Crippen LogP contribution in [0.3, 0.4) is 0 Å². The molecule has 0 bridgehead atoms. The summed E-state index contributed by atoms with van der Waals surface area (Å²) in [5.41, 5.74) is 2.58. The van der Waals surface area contributed by atoms with Crippen molar-refractivity contribution in [2.45, 2.75) is 10.2 Å². The average molecular weight is 333 g/mol. The van der Waals surface area contributed by atoms with Crippen LogP contribution >= 0.6 is 46.1 Å². The maximum Gasteiger partial charge on any atom is 0.440 e. The summed E-state index contributed by atoms with van der Waals surface area (Å²) in [5, 5.41) is 3.62. The van der Waals surface area contributed by atoms with Gasteiger partial charge >= 0.3 is 12.1 Å². The van der Waals surface area contributed by atoms with Crippen LogP contribution in [0.4, 0.5) is 4.79 Å². The number of alkyl halides is 3. The number of thiophene rings is 1. The molecule has 0 aliphatic heterocycles. The quantitative estimate of drug-likeness (QED) is 0.683. The number of hydrogen-bond donors (Lipinski definition) is 1. The van der Waals surface area contributed by atoms with Gasteiger partial charge in [0.15, 0.2) is 0 Å². The van der Waals surface area contributed by atoms with Crippen molar-refractivity contribution in [1.82, 2.24) is 5.48 Å². The standard InChI is InChI=1S/C9H8Cl3NO4S/c10-9(11,12)5-16-8(15)13-17-7(14)3-6-1-2-18-4-6/h1-2,4H,3,5H2,(H,13,15). The highest BCUT2D eigenvalue weighted by atomic mass is 35.6. The Kier molecular flexibility index (Phi) is 6.01. The highest BCUT2D eigenvalue weighted by Gasteiger charge is 2.22. The van der Waals surface area contributed by atoms with E-state index in [1.54, 1.807) is 16.9 Å². The second-order valence-corrected chi connectivity index (χ2v) is 6.37. The SMILES string of the molecule is O=C(Cc1ccsc1)ONC(=O)OCC(Cl)(Cl)Cl. The Labute approximate surface area is 122 Å². The molecule has 5 nitrogen and oxygen atoms in total. The van der Waals surface area contributed by atoms with E-state index in [0.717, 1.165) is 5.56 Å². The van der Waals surface area contributed by atoms with Crippen LogP contribution in [-0.4, -0.2) is 22.5 Å². The first-order valence-corrected chi connectivity index (χ1v) is 6.65. The minimum Gasteiger partial charge on any atom is -0.443 e. The van der Waals surface area contributed by atoms with Gasteiger partial charge in [0, 0.05) is 0 Å². The van der Waals surface area contributed by atoms with Crippen LogP contribution < -0.4 is 5.48 Å². The van der Waals surface area contributed by atoms with Crippen LogP contribution in [0, 0.1) is 0 Å². The van der Waals surface area contributed by atoms with Crippen molar-refractivity contribution < 1.29 is 19.2 Å². The molecule has 1 N–H and O–H groups in total. The van der Waals surface area contributed by atoms with Crippen LogP contribution in [0.25, 0.3) is 0 Å². The lowest BCUT2D eigenvalue weighted by molar-refractivity contribution is -0.148. The lowest BCUT2D eigenvalue weighted by atomic mass is 10.2. The van der Waals surface area contributed by atoms with E-state index in [9.17, 15) is 9.59 Å². The molecule has 0 aliphatic rings. The number of carbonyl (C=O) groups is 2. The lowest BCUT2D eigenvalue weighted by Gasteiger charge is -2.11. The Morgan fingerprint density at radius 2 is 2.11 bits per heavy atom. The van der Waals surface area contributed by atoms with E-state index in [1.807, 2.05) is 5.38 Å². The predicted molar refractivity (Wildman–Crippen MR) is 68.9 cm³/mol. The molecule has 1 aromatic rings. The smallest absolute Gasteiger partial charge is 0.440 e. The molecule has 1 heterocycles. The van der Waals surface area contributed by atoms with E-state index in [4.69, 9.17) is 34.8 Å². The van der Waals surface area contributed by atoms with Crippen molar-refractivity contribution in [1.29, 1.82) is 0 Å². The Balaban J connectivity index is 2.20. The summed E-state index contributed by atoms with van der Waals surface area (Å²) < 4.78 is 2.76. The maximum atomic E-state index is 11.2. The van der Waals surface area contributed by atoms with Gasteiger partial charge in [0.2, 0.25) is 3.79 Å². The maximum absolute atomic E-state index is 11.2. The van der Waals surface area contributed by atoms with Crippen LogP contribution in [0.5, 0.6) is 0 Å². The Morgan fingerprint density at radius 3 is 2.67 bits per heavy atom. The van der Waals surface area contributed by atoms with Crippen LogP contribution in [0.15, 0.2) is 16.8 Å². The van der Waals surface area contributed by atoms with Gasteiger partial charge < -0.3 is 9.57 Å². The van der Waals surface area contributed by atoms with Gasteiger partial charge in [-0.15, -0.1) is 5.48 Å². The minimum absolute atomic E-state index is 0.0498. The van der Waals surface area contributed by atoms with Gasteiger partial charge in [0.25, 0.3) is 0 Å². The molecule has 0 spiro atoms. The molecule has 0 aliphatic carbocycles. The molecule has 0 fully saturated rings. The number of halogens is 3. The molecule has 0 aromatic carbocycles. The van der Waals surface area contributed by atoms with Gasteiger partial charge in [0.05, 0.1) is 6.42 Å². The fourth-order valence-electron chi connectivity index (χ4n) is 0.871. The van der Waals surface area contributed by atoms with Gasteiger partial charge in [-0.2, -0.15) is 11.3 Å². The fraction of sp³-hybridized carbons (Fsp3) is 0.333. The average Bonchev–Trinajstić information content (AvgIpc) is 2.75. The van der Waals surface area contributed by atoms with Crippen molar-refractivity contribution in [2.75, 3.05) is 6.61 Å². The van der Waals surface area contributed by atoms with Crippen molar-refractivity contribution in [3.63, 3.8) is 0 Å². The number of amides is 1. The highest BCUT2D eigenvalue weighted by molar-refractivity contribution is 7.08. The number of ether oxygens (including phenoxy) is 1. The Morgan fingerprint density at radius 1 is 1.39 bits per heavy atom. The second kappa shape index (κ2) is 7.04. The monoisotopic (exact) mass is 331 g/mol. The largest absolute Gasteiger partial charge is 0.443 e. The fourth-order valence-corrected chi connectivity index (χ4v) is 1.70. The summed E-state index contributed by atoms with van der Waals surface area (Å²) in [6, 6.07) is 1.77. The molecule has 1 rings (SSSR count). The van der Waals surface area contributed by atoms with Crippen molar-refractivity contribution >= 4 is 58.2 Å². The molecule has 0 radical (unpaired) electrons. The van der Waals surface area contributed by atoms with E-state index < -0.39 is 22.5 Å². The van der Waals surface area contributed by atoms with E-state index in [0.29, 0.717) is 0 Å². The lowest BCUT2D eigenvalue weighted by Crippen LogP contribution is -2.30. The van der Waals surface area contributed by atoms with E-state index >= 15 is 0 Å². The zero-order valence-electron chi connectivity index (χ0n) is 8.82. The molecule has 1 amide bonds. The topological polar surface area (TPSA) is 64.6 Å². The first-order chi connectivity index (χ1) is 8.37. The Hall–Kier alpha value is -0.690. The third-order valence-electron chi connectivity index (χ3n) is 1.54. The van der Waals surface area contributed by atoms with Gasteiger partial charge in [-0.3, -0.25) is 0 Å². The minimum atomic E-state index is -1.71. The molecule has 0 saturated heterocycles. The van der Waals surface area contributed by atoms with Gasteiger partial charge in [-0.1, -0.05) is 34.8 Å². The summed E-state index contributed by atoms with van der Waals surface area (Å²) in [6.45, 7) is -0.453. The zero-order chi connectivity index (χ0) is 13.6. The third-order valence-corrected chi connectivity index (χ3v) is 2.60. The summed E-state index contributed by atoms with van der Waals surface area (Å²) in [4.78, 5) is 26.7. The molecular formula is C9H8Cl3NO4S. The summed E-state index contributed by atoms with van der Waals surface area (Å²) >= 11 is 17.5. The van der Waals surface area contributed by atoms with E-state index in [1.165, 1.54) is 11.3 Å². The molecule has 0 atom stereocenters.